The van der Waals surface area contributed by atoms with Crippen molar-refractivity contribution in [3.63, 3.8) is 0 Å². The Bertz CT molecular complexity index is 824. The SMILES string of the molecule is O=C(NCc1ccncc1)c1cnc(Nc2cccc(Cl)c2)nc1. The van der Waals surface area contributed by atoms with Crippen molar-refractivity contribution in [2.24, 2.45) is 0 Å². The number of rotatable bonds is 5. The van der Waals surface area contributed by atoms with Gasteiger partial charge in [-0.25, -0.2) is 9.97 Å². The van der Waals surface area contributed by atoms with Gasteiger partial charge in [0.1, 0.15) is 0 Å². The van der Waals surface area contributed by atoms with Crippen molar-refractivity contribution in [1.29, 1.82) is 0 Å². The summed E-state index contributed by atoms with van der Waals surface area (Å²) >= 11 is 5.93. The molecule has 7 heteroatoms. The van der Waals surface area contributed by atoms with Gasteiger partial charge in [0, 0.05) is 42.0 Å². The molecule has 1 amide bonds. The van der Waals surface area contributed by atoms with Gasteiger partial charge in [-0.2, -0.15) is 0 Å². The zero-order valence-electron chi connectivity index (χ0n) is 12.6. The Morgan fingerprint density at radius 1 is 1.08 bits per heavy atom. The number of nitrogens with one attached hydrogen (secondary N) is 2. The van der Waals surface area contributed by atoms with Gasteiger partial charge in [0.15, 0.2) is 0 Å². The molecule has 0 spiro atoms. The number of carbonyl (C=O) groups is 1. The van der Waals surface area contributed by atoms with E-state index in [0.717, 1.165) is 11.3 Å². The fourth-order valence-corrected chi connectivity index (χ4v) is 2.18. The second-order valence-electron chi connectivity index (χ2n) is 4.97. The molecule has 0 saturated carbocycles. The summed E-state index contributed by atoms with van der Waals surface area (Å²) in [5.74, 6) is 0.157. The maximum absolute atomic E-state index is 12.1. The first kappa shape index (κ1) is 15.9. The number of benzene rings is 1. The Kier molecular flexibility index (Phi) is 4.98. The molecule has 6 nitrogen and oxygen atoms in total. The Balaban J connectivity index is 1.60. The normalized spacial score (nSPS) is 10.2. The van der Waals surface area contributed by atoms with E-state index >= 15 is 0 Å². The number of anilines is 2. The maximum atomic E-state index is 12.1. The highest BCUT2D eigenvalue weighted by Crippen LogP contribution is 2.17. The van der Waals surface area contributed by atoms with E-state index in [-0.39, 0.29) is 5.91 Å². The fourth-order valence-electron chi connectivity index (χ4n) is 1.99. The van der Waals surface area contributed by atoms with Gasteiger partial charge in [-0.15, -0.1) is 0 Å². The predicted octanol–water partition coefficient (Wildman–Crippen LogP) is 3.20. The van der Waals surface area contributed by atoms with E-state index in [0.29, 0.717) is 23.1 Å². The van der Waals surface area contributed by atoms with Crippen LogP contribution < -0.4 is 10.6 Å². The summed E-state index contributed by atoms with van der Waals surface area (Å²) in [6, 6.07) is 10.9. The Morgan fingerprint density at radius 2 is 1.83 bits per heavy atom. The third kappa shape index (κ3) is 4.27. The number of aromatic nitrogens is 3. The van der Waals surface area contributed by atoms with Crippen molar-refractivity contribution >= 4 is 29.1 Å². The Hall–Kier alpha value is -2.99. The topological polar surface area (TPSA) is 79.8 Å². The number of hydrogen-bond donors (Lipinski definition) is 2. The molecule has 1 aromatic carbocycles. The lowest BCUT2D eigenvalue weighted by Gasteiger charge is -2.07. The molecule has 24 heavy (non-hydrogen) atoms. The van der Waals surface area contributed by atoms with Crippen LogP contribution in [0.2, 0.25) is 5.02 Å². The third-order valence-corrected chi connectivity index (χ3v) is 3.43. The average Bonchev–Trinajstić information content (AvgIpc) is 2.61. The van der Waals surface area contributed by atoms with E-state index in [1.165, 1.54) is 12.4 Å². The summed E-state index contributed by atoms with van der Waals surface area (Å²) in [5.41, 5.74) is 2.14. The van der Waals surface area contributed by atoms with Gasteiger partial charge in [-0.1, -0.05) is 17.7 Å². The number of halogens is 1. The molecule has 120 valence electrons. The zero-order valence-corrected chi connectivity index (χ0v) is 13.4. The second-order valence-corrected chi connectivity index (χ2v) is 5.41. The van der Waals surface area contributed by atoms with Crippen molar-refractivity contribution in [3.8, 4) is 0 Å². The molecule has 2 heterocycles. The number of amides is 1. The monoisotopic (exact) mass is 339 g/mol. The molecule has 0 bridgehead atoms. The summed E-state index contributed by atoms with van der Waals surface area (Å²) < 4.78 is 0. The van der Waals surface area contributed by atoms with Crippen LogP contribution in [-0.2, 0) is 6.54 Å². The minimum atomic E-state index is -0.235. The lowest BCUT2D eigenvalue weighted by Crippen LogP contribution is -2.23. The van der Waals surface area contributed by atoms with Crippen molar-refractivity contribution in [1.82, 2.24) is 20.3 Å². The predicted molar refractivity (Wildman–Crippen MR) is 92.2 cm³/mol. The minimum Gasteiger partial charge on any atom is -0.348 e. The highest BCUT2D eigenvalue weighted by molar-refractivity contribution is 6.30. The quantitative estimate of drug-likeness (QED) is 0.746. The molecule has 0 radical (unpaired) electrons. The Morgan fingerprint density at radius 3 is 2.54 bits per heavy atom. The van der Waals surface area contributed by atoms with E-state index in [1.54, 1.807) is 24.5 Å². The first-order chi connectivity index (χ1) is 11.7. The van der Waals surface area contributed by atoms with Crippen molar-refractivity contribution < 1.29 is 4.79 Å². The van der Waals surface area contributed by atoms with E-state index in [4.69, 9.17) is 11.6 Å². The lowest BCUT2D eigenvalue weighted by atomic mass is 10.2. The molecule has 0 aliphatic heterocycles. The molecule has 0 atom stereocenters. The second kappa shape index (κ2) is 7.52. The molecular weight excluding hydrogens is 326 g/mol. The molecule has 0 saturated heterocycles. The van der Waals surface area contributed by atoms with E-state index in [2.05, 4.69) is 25.6 Å². The Labute approximate surface area is 143 Å². The zero-order chi connectivity index (χ0) is 16.8. The molecule has 0 unspecified atom stereocenters. The van der Waals surface area contributed by atoms with Gasteiger partial charge in [0.25, 0.3) is 5.91 Å². The van der Waals surface area contributed by atoms with Crippen LogP contribution in [0.25, 0.3) is 0 Å². The van der Waals surface area contributed by atoms with Crippen LogP contribution in [0.3, 0.4) is 0 Å². The molecule has 0 aliphatic rings. The first-order valence-electron chi connectivity index (χ1n) is 7.22. The van der Waals surface area contributed by atoms with E-state index < -0.39 is 0 Å². The first-order valence-corrected chi connectivity index (χ1v) is 7.60. The summed E-state index contributed by atoms with van der Waals surface area (Å²) in [4.78, 5) is 24.3. The summed E-state index contributed by atoms with van der Waals surface area (Å²) in [7, 11) is 0. The minimum absolute atomic E-state index is 0.235. The van der Waals surface area contributed by atoms with Gasteiger partial charge in [-0.3, -0.25) is 9.78 Å². The molecule has 0 aliphatic carbocycles. The van der Waals surface area contributed by atoms with Gasteiger partial charge in [0.2, 0.25) is 5.95 Å². The summed E-state index contributed by atoms with van der Waals surface area (Å²) in [6.45, 7) is 0.421. The smallest absolute Gasteiger partial charge is 0.254 e. The van der Waals surface area contributed by atoms with E-state index in [1.807, 2.05) is 24.3 Å². The summed E-state index contributed by atoms with van der Waals surface area (Å²) in [6.07, 6.45) is 6.31. The summed E-state index contributed by atoms with van der Waals surface area (Å²) in [5, 5.41) is 6.45. The third-order valence-electron chi connectivity index (χ3n) is 3.20. The van der Waals surface area contributed by atoms with Crippen LogP contribution in [0.5, 0.6) is 0 Å². The molecule has 3 aromatic rings. The number of pyridine rings is 1. The largest absolute Gasteiger partial charge is 0.348 e. The fraction of sp³-hybridized carbons (Fsp3) is 0.0588. The van der Waals surface area contributed by atoms with Gasteiger partial charge in [-0.05, 0) is 35.9 Å². The van der Waals surface area contributed by atoms with E-state index in [9.17, 15) is 4.79 Å². The molecule has 2 aromatic heterocycles. The van der Waals surface area contributed by atoms with Crippen molar-refractivity contribution in [2.75, 3.05) is 5.32 Å². The van der Waals surface area contributed by atoms with Crippen LogP contribution in [-0.4, -0.2) is 20.9 Å². The molecular formula is C17H14ClN5O. The average molecular weight is 340 g/mol. The van der Waals surface area contributed by atoms with Gasteiger partial charge in [0.05, 0.1) is 5.56 Å². The van der Waals surface area contributed by atoms with Crippen LogP contribution in [0.1, 0.15) is 15.9 Å². The lowest BCUT2D eigenvalue weighted by molar-refractivity contribution is 0.0950. The molecule has 3 rings (SSSR count). The van der Waals surface area contributed by atoms with Crippen LogP contribution in [0, 0.1) is 0 Å². The van der Waals surface area contributed by atoms with Crippen LogP contribution >= 0.6 is 11.6 Å². The standard InChI is InChI=1S/C17H14ClN5O/c18-14-2-1-3-15(8-14)23-17-21-10-13(11-22-17)16(24)20-9-12-4-6-19-7-5-12/h1-8,10-11H,9H2,(H,20,24)(H,21,22,23). The number of hydrogen-bond acceptors (Lipinski definition) is 5. The van der Waals surface area contributed by atoms with Gasteiger partial charge < -0.3 is 10.6 Å². The molecule has 0 fully saturated rings. The maximum Gasteiger partial charge on any atom is 0.254 e. The van der Waals surface area contributed by atoms with Crippen LogP contribution in [0.4, 0.5) is 11.6 Å². The highest BCUT2D eigenvalue weighted by Gasteiger charge is 2.07. The van der Waals surface area contributed by atoms with Gasteiger partial charge >= 0.3 is 0 Å². The van der Waals surface area contributed by atoms with Crippen molar-refractivity contribution in [3.05, 3.63) is 77.3 Å². The van der Waals surface area contributed by atoms with Crippen LogP contribution in [0.15, 0.2) is 61.2 Å². The number of nitrogens with zero attached hydrogens (tertiary/aromatic N) is 3. The molecule has 2 N–H and O–H groups in total. The number of carbonyl (C=O) groups excluding carboxylic acids is 1. The highest BCUT2D eigenvalue weighted by atomic mass is 35.5. The van der Waals surface area contributed by atoms with Crippen molar-refractivity contribution in [2.45, 2.75) is 6.54 Å².